The molecule has 24 heavy (non-hydrogen) atoms. The Kier molecular flexibility index (Phi) is 4.95. The Morgan fingerprint density at radius 2 is 1.92 bits per heavy atom. The average Bonchev–Trinajstić information content (AvgIpc) is 2.97. The smallest absolute Gasteiger partial charge is 0.133 e. The van der Waals surface area contributed by atoms with E-state index in [-0.39, 0.29) is 12.1 Å². The summed E-state index contributed by atoms with van der Waals surface area (Å²) in [6, 6.07) is 13.9. The molecule has 3 rings (SSSR count). The quantitative estimate of drug-likeness (QED) is 0.882. The number of benzene rings is 2. The van der Waals surface area contributed by atoms with Crippen LogP contribution in [-0.2, 0) is 0 Å². The maximum atomic E-state index is 5.98. The second kappa shape index (κ2) is 7.14. The van der Waals surface area contributed by atoms with E-state index in [0.717, 1.165) is 33.5 Å². The van der Waals surface area contributed by atoms with Crippen molar-refractivity contribution in [2.45, 2.75) is 25.9 Å². The van der Waals surface area contributed by atoms with Gasteiger partial charge in [0.1, 0.15) is 17.3 Å². The van der Waals surface area contributed by atoms with Gasteiger partial charge in [0, 0.05) is 11.1 Å². The van der Waals surface area contributed by atoms with Crippen molar-refractivity contribution in [2.75, 3.05) is 13.7 Å². The molecule has 0 fully saturated rings. The first-order valence-electron chi connectivity index (χ1n) is 8.03. The monoisotopic (exact) mass is 344 g/mol. The minimum atomic E-state index is 0.0499. The molecule has 0 amide bonds. The predicted octanol–water partition coefficient (Wildman–Crippen LogP) is 4.23. The van der Waals surface area contributed by atoms with E-state index in [2.05, 4.69) is 12.2 Å². The highest BCUT2D eigenvalue weighted by Gasteiger charge is 2.28. The van der Waals surface area contributed by atoms with Crippen molar-refractivity contribution in [3.05, 3.63) is 58.6 Å². The Hall–Kier alpha value is -2.20. The van der Waals surface area contributed by atoms with Gasteiger partial charge in [-0.05, 0) is 43.7 Å². The fourth-order valence-corrected chi connectivity index (χ4v) is 2.98. The first kappa shape index (κ1) is 16.7. The fourth-order valence-electron chi connectivity index (χ4n) is 2.85. The molecule has 0 aromatic heterocycles. The van der Waals surface area contributed by atoms with E-state index >= 15 is 0 Å². The van der Waals surface area contributed by atoms with Gasteiger partial charge < -0.3 is 14.8 Å². The highest BCUT2D eigenvalue weighted by atomic mass is 35.5. The molecule has 0 bridgehead atoms. The zero-order chi connectivity index (χ0) is 17.1. The molecule has 0 spiro atoms. The molecule has 1 N–H and O–H groups in total. The summed E-state index contributed by atoms with van der Waals surface area (Å²) in [6.07, 6.45) is 0. The first-order chi connectivity index (χ1) is 11.6. The van der Waals surface area contributed by atoms with E-state index in [1.807, 2.05) is 49.4 Å². The van der Waals surface area contributed by atoms with Crippen molar-refractivity contribution in [1.82, 2.24) is 5.32 Å². The number of halogens is 1. The number of ether oxygens (including phenoxy) is 2. The molecule has 1 aliphatic rings. The second-order valence-corrected chi connectivity index (χ2v) is 6.14. The highest BCUT2D eigenvalue weighted by molar-refractivity contribution is 6.30. The summed E-state index contributed by atoms with van der Waals surface area (Å²) in [5.41, 5.74) is 2.09. The Labute approximate surface area is 147 Å². The van der Waals surface area contributed by atoms with Crippen LogP contribution in [0.15, 0.2) is 47.5 Å². The van der Waals surface area contributed by atoms with Crippen molar-refractivity contribution in [3.63, 3.8) is 0 Å². The van der Waals surface area contributed by atoms with Crippen LogP contribution in [0.4, 0.5) is 0 Å². The summed E-state index contributed by atoms with van der Waals surface area (Å²) in [4.78, 5) is 4.88. The van der Waals surface area contributed by atoms with Gasteiger partial charge in [-0.1, -0.05) is 23.7 Å². The molecule has 1 aliphatic heterocycles. The van der Waals surface area contributed by atoms with Gasteiger partial charge in [-0.3, -0.25) is 4.99 Å². The number of hydrogen-bond donors (Lipinski definition) is 1. The van der Waals surface area contributed by atoms with E-state index in [0.29, 0.717) is 6.61 Å². The standard InChI is InChI=1S/C19H21ClN2O2/c1-4-24-17-11-15(23-3)9-10-16(17)19-21-12(2)18(22-19)13-5-7-14(20)8-6-13/h5-12,18H,4H2,1-3H3,(H,21,22). The third-order valence-electron chi connectivity index (χ3n) is 4.06. The third kappa shape index (κ3) is 3.34. The molecule has 5 heteroatoms. The van der Waals surface area contributed by atoms with Crippen molar-refractivity contribution in [1.29, 1.82) is 0 Å². The lowest BCUT2D eigenvalue weighted by molar-refractivity contribution is 0.335. The lowest BCUT2D eigenvalue weighted by Gasteiger charge is -2.15. The van der Waals surface area contributed by atoms with E-state index in [1.54, 1.807) is 7.11 Å². The molecule has 0 aliphatic carbocycles. The van der Waals surface area contributed by atoms with Gasteiger partial charge in [-0.2, -0.15) is 0 Å². The summed E-state index contributed by atoms with van der Waals surface area (Å²) >= 11 is 5.98. The van der Waals surface area contributed by atoms with Gasteiger partial charge in [-0.25, -0.2) is 0 Å². The number of rotatable bonds is 5. The van der Waals surface area contributed by atoms with Gasteiger partial charge in [0.2, 0.25) is 0 Å². The van der Waals surface area contributed by atoms with Gasteiger partial charge in [0.25, 0.3) is 0 Å². The van der Waals surface area contributed by atoms with Crippen LogP contribution in [-0.4, -0.2) is 25.6 Å². The highest BCUT2D eigenvalue weighted by Crippen LogP contribution is 2.31. The van der Waals surface area contributed by atoms with Gasteiger partial charge in [0.05, 0.1) is 31.4 Å². The molecule has 2 atom stereocenters. The summed E-state index contributed by atoms with van der Waals surface area (Å²) in [5, 5.41) is 4.20. The Morgan fingerprint density at radius 3 is 2.58 bits per heavy atom. The second-order valence-electron chi connectivity index (χ2n) is 5.70. The largest absolute Gasteiger partial charge is 0.497 e. The Morgan fingerprint density at radius 1 is 1.17 bits per heavy atom. The topological polar surface area (TPSA) is 42.9 Å². The van der Waals surface area contributed by atoms with E-state index < -0.39 is 0 Å². The number of methoxy groups -OCH3 is 1. The van der Waals surface area contributed by atoms with Crippen molar-refractivity contribution in [2.24, 2.45) is 4.99 Å². The van der Waals surface area contributed by atoms with E-state index in [4.69, 9.17) is 26.1 Å². The number of hydrogen-bond acceptors (Lipinski definition) is 4. The Bertz CT molecular complexity index is 744. The van der Waals surface area contributed by atoms with Gasteiger partial charge >= 0.3 is 0 Å². The third-order valence-corrected chi connectivity index (χ3v) is 4.31. The van der Waals surface area contributed by atoms with E-state index in [9.17, 15) is 0 Å². The van der Waals surface area contributed by atoms with Crippen LogP contribution in [0, 0.1) is 0 Å². The van der Waals surface area contributed by atoms with Crippen LogP contribution < -0.4 is 14.8 Å². The van der Waals surface area contributed by atoms with Crippen LogP contribution in [0.5, 0.6) is 11.5 Å². The fraction of sp³-hybridized carbons (Fsp3) is 0.316. The number of nitrogens with one attached hydrogen (secondary N) is 1. The summed E-state index contributed by atoms with van der Waals surface area (Å²) in [5.74, 6) is 2.38. The molecule has 4 nitrogen and oxygen atoms in total. The molecule has 2 unspecified atom stereocenters. The normalized spacial score (nSPS) is 19.6. The minimum Gasteiger partial charge on any atom is -0.497 e. The van der Waals surface area contributed by atoms with Crippen LogP contribution >= 0.6 is 11.6 Å². The molecule has 2 aromatic carbocycles. The van der Waals surface area contributed by atoms with Crippen LogP contribution in [0.1, 0.15) is 31.0 Å². The van der Waals surface area contributed by atoms with Gasteiger partial charge in [-0.15, -0.1) is 0 Å². The van der Waals surface area contributed by atoms with E-state index in [1.165, 1.54) is 0 Å². The SMILES string of the molecule is CCOc1cc(OC)ccc1C1=NC(c2ccc(Cl)cc2)C(C)N1. The minimum absolute atomic E-state index is 0.0499. The molecule has 2 aromatic rings. The predicted molar refractivity (Wildman–Crippen MR) is 97.5 cm³/mol. The zero-order valence-electron chi connectivity index (χ0n) is 14.0. The maximum Gasteiger partial charge on any atom is 0.133 e. The lowest BCUT2D eigenvalue weighted by atomic mass is 10.0. The van der Waals surface area contributed by atoms with Crippen molar-refractivity contribution >= 4 is 17.4 Å². The molecule has 1 heterocycles. The molecule has 0 radical (unpaired) electrons. The van der Waals surface area contributed by atoms with Crippen LogP contribution in [0.3, 0.4) is 0 Å². The van der Waals surface area contributed by atoms with Crippen molar-refractivity contribution < 1.29 is 9.47 Å². The summed E-state index contributed by atoms with van der Waals surface area (Å²) in [6.45, 7) is 4.68. The Balaban J connectivity index is 1.95. The molecule has 0 saturated heterocycles. The number of nitrogens with zero attached hydrogens (tertiary/aromatic N) is 1. The zero-order valence-corrected chi connectivity index (χ0v) is 14.8. The summed E-state index contributed by atoms with van der Waals surface area (Å²) in [7, 11) is 1.65. The number of aliphatic imine (C=N–C) groups is 1. The first-order valence-corrected chi connectivity index (χ1v) is 8.41. The molecular formula is C19H21ClN2O2. The van der Waals surface area contributed by atoms with Gasteiger partial charge in [0.15, 0.2) is 0 Å². The number of amidine groups is 1. The molecular weight excluding hydrogens is 324 g/mol. The lowest BCUT2D eigenvalue weighted by Crippen LogP contribution is -2.29. The van der Waals surface area contributed by atoms with Crippen LogP contribution in [0.2, 0.25) is 5.02 Å². The van der Waals surface area contributed by atoms with Crippen LogP contribution in [0.25, 0.3) is 0 Å². The van der Waals surface area contributed by atoms with Crippen molar-refractivity contribution in [3.8, 4) is 11.5 Å². The average molecular weight is 345 g/mol. The summed E-state index contributed by atoms with van der Waals surface area (Å²) < 4.78 is 11.1. The maximum absolute atomic E-state index is 5.98. The molecule has 0 saturated carbocycles. The molecule has 126 valence electrons.